The van der Waals surface area contributed by atoms with Crippen LogP contribution in [0.15, 0.2) is 58.6 Å². The van der Waals surface area contributed by atoms with Gasteiger partial charge in [-0.25, -0.2) is 22.1 Å². The van der Waals surface area contributed by atoms with Crippen LogP contribution in [0.25, 0.3) is 12.2 Å². The second-order valence-electron chi connectivity index (χ2n) is 6.54. The van der Waals surface area contributed by atoms with Crippen LogP contribution >= 0.6 is 11.8 Å². The molecule has 0 spiro atoms. The number of carbonyl (C=O) groups is 1. The van der Waals surface area contributed by atoms with Crippen LogP contribution in [-0.2, 0) is 14.8 Å². The Labute approximate surface area is 183 Å². The molecule has 0 aliphatic heterocycles. The van der Waals surface area contributed by atoms with Gasteiger partial charge in [-0.3, -0.25) is 9.89 Å². The third-order valence-electron chi connectivity index (χ3n) is 4.03. The van der Waals surface area contributed by atoms with Gasteiger partial charge in [-0.1, -0.05) is 30.0 Å². The number of anilines is 1. The number of H-pyrrole nitrogens is 1. The SMILES string of the molecule is CN(C)S(=O)(=O)c1ccc(NC(=O)CSc2n[nH]c(/C=C/c3ccc(F)cc3)n2)cc1. The van der Waals surface area contributed by atoms with E-state index >= 15 is 0 Å². The lowest BCUT2D eigenvalue weighted by Crippen LogP contribution is -2.22. The van der Waals surface area contributed by atoms with Crippen LogP contribution in [0.5, 0.6) is 0 Å². The summed E-state index contributed by atoms with van der Waals surface area (Å²) in [5.41, 5.74) is 1.30. The van der Waals surface area contributed by atoms with Crippen LogP contribution in [0.1, 0.15) is 11.4 Å². The number of sulfonamides is 1. The van der Waals surface area contributed by atoms with Crippen molar-refractivity contribution >= 4 is 45.5 Å². The van der Waals surface area contributed by atoms with Gasteiger partial charge >= 0.3 is 0 Å². The Kier molecular flexibility index (Phi) is 7.21. The molecule has 2 aromatic carbocycles. The summed E-state index contributed by atoms with van der Waals surface area (Å²) >= 11 is 1.15. The van der Waals surface area contributed by atoms with Crippen LogP contribution in [0, 0.1) is 5.82 Å². The van der Waals surface area contributed by atoms with Gasteiger partial charge in [0.1, 0.15) is 11.6 Å². The predicted molar refractivity (Wildman–Crippen MR) is 118 cm³/mol. The van der Waals surface area contributed by atoms with E-state index in [0.29, 0.717) is 16.7 Å². The average Bonchev–Trinajstić information content (AvgIpc) is 3.20. The fraction of sp³-hybridized carbons (Fsp3) is 0.150. The molecule has 0 fully saturated rings. The number of aromatic nitrogens is 3. The van der Waals surface area contributed by atoms with E-state index in [1.165, 1.54) is 50.5 Å². The Morgan fingerprint density at radius 2 is 1.81 bits per heavy atom. The van der Waals surface area contributed by atoms with Gasteiger partial charge in [-0.2, -0.15) is 0 Å². The number of amides is 1. The number of rotatable bonds is 8. The third kappa shape index (κ3) is 6.23. The highest BCUT2D eigenvalue weighted by Crippen LogP contribution is 2.18. The molecule has 0 saturated heterocycles. The molecule has 162 valence electrons. The van der Waals surface area contributed by atoms with Gasteiger partial charge in [0, 0.05) is 19.8 Å². The molecule has 0 unspecified atom stereocenters. The first-order valence-corrected chi connectivity index (χ1v) is 11.5. The molecule has 0 aliphatic rings. The lowest BCUT2D eigenvalue weighted by molar-refractivity contribution is -0.113. The van der Waals surface area contributed by atoms with E-state index in [0.717, 1.165) is 21.6 Å². The Morgan fingerprint density at radius 3 is 2.45 bits per heavy atom. The molecule has 2 N–H and O–H groups in total. The van der Waals surface area contributed by atoms with Crippen LogP contribution in [-0.4, -0.2) is 53.7 Å². The van der Waals surface area contributed by atoms with Crippen LogP contribution in [0.3, 0.4) is 0 Å². The maximum Gasteiger partial charge on any atom is 0.242 e. The standard InChI is InChI=1S/C20H20FN5O3S2/c1-26(2)31(28,29)17-10-8-16(9-11-17)22-19(27)13-30-20-23-18(24-25-20)12-5-14-3-6-15(21)7-4-14/h3-12H,13H2,1-2H3,(H,22,27)(H,23,24,25)/b12-5+. The van der Waals surface area contributed by atoms with E-state index in [-0.39, 0.29) is 22.4 Å². The van der Waals surface area contributed by atoms with E-state index in [9.17, 15) is 17.6 Å². The molecule has 1 heterocycles. The lowest BCUT2D eigenvalue weighted by Gasteiger charge is -2.11. The Morgan fingerprint density at radius 1 is 1.13 bits per heavy atom. The van der Waals surface area contributed by atoms with Crippen molar-refractivity contribution in [3.8, 4) is 0 Å². The van der Waals surface area contributed by atoms with E-state index in [4.69, 9.17) is 0 Å². The van der Waals surface area contributed by atoms with Crippen molar-refractivity contribution in [1.82, 2.24) is 19.5 Å². The summed E-state index contributed by atoms with van der Waals surface area (Å²) in [4.78, 5) is 16.6. The summed E-state index contributed by atoms with van der Waals surface area (Å²) in [6.07, 6.45) is 3.47. The number of aromatic amines is 1. The lowest BCUT2D eigenvalue weighted by atomic mass is 10.2. The van der Waals surface area contributed by atoms with Crippen molar-refractivity contribution in [2.24, 2.45) is 0 Å². The summed E-state index contributed by atoms with van der Waals surface area (Å²) in [6.45, 7) is 0. The molecule has 0 saturated carbocycles. The molecular weight excluding hydrogens is 441 g/mol. The van der Waals surface area contributed by atoms with E-state index < -0.39 is 10.0 Å². The molecule has 0 aliphatic carbocycles. The molecule has 3 rings (SSSR count). The first kappa shape index (κ1) is 22.7. The number of hydrogen-bond donors (Lipinski definition) is 2. The molecule has 1 amide bonds. The summed E-state index contributed by atoms with van der Waals surface area (Å²) in [7, 11) is -0.609. The fourth-order valence-corrected chi connectivity index (χ4v) is 3.90. The van der Waals surface area contributed by atoms with Crippen molar-refractivity contribution in [3.63, 3.8) is 0 Å². The number of halogens is 1. The van der Waals surface area contributed by atoms with Gasteiger partial charge < -0.3 is 5.32 Å². The van der Waals surface area contributed by atoms with Crippen LogP contribution in [0.4, 0.5) is 10.1 Å². The number of hydrogen-bond acceptors (Lipinski definition) is 6. The molecule has 0 bridgehead atoms. The van der Waals surface area contributed by atoms with Gasteiger partial charge in [0.2, 0.25) is 21.1 Å². The van der Waals surface area contributed by atoms with E-state index in [2.05, 4.69) is 20.5 Å². The van der Waals surface area contributed by atoms with E-state index in [1.54, 1.807) is 24.3 Å². The second-order valence-corrected chi connectivity index (χ2v) is 9.63. The zero-order valence-corrected chi connectivity index (χ0v) is 18.4. The quantitative estimate of drug-likeness (QED) is 0.499. The monoisotopic (exact) mass is 461 g/mol. The molecule has 11 heteroatoms. The molecule has 0 atom stereocenters. The van der Waals surface area contributed by atoms with Crippen molar-refractivity contribution < 1.29 is 17.6 Å². The van der Waals surface area contributed by atoms with Crippen LogP contribution in [0.2, 0.25) is 0 Å². The minimum atomic E-state index is -3.52. The van der Waals surface area contributed by atoms with Gasteiger partial charge in [0.05, 0.1) is 10.6 Å². The third-order valence-corrected chi connectivity index (χ3v) is 6.71. The maximum absolute atomic E-state index is 12.9. The highest BCUT2D eigenvalue weighted by Gasteiger charge is 2.16. The average molecular weight is 462 g/mol. The molecular formula is C20H20FN5O3S2. The van der Waals surface area contributed by atoms with Gasteiger partial charge in [-0.15, -0.1) is 5.10 Å². The minimum Gasteiger partial charge on any atom is -0.325 e. The number of carbonyl (C=O) groups excluding carboxylic acids is 1. The molecule has 31 heavy (non-hydrogen) atoms. The predicted octanol–water partition coefficient (Wildman–Crippen LogP) is 3.10. The van der Waals surface area contributed by atoms with Crippen molar-refractivity contribution in [1.29, 1.82) is 0 Å². The topological polar surface area (TPSA) is 108 Å². The smallest absolute Gasteiger partial charge is 0.242 e. The largest absolute Gasteiger partial charge is 0.325 e. The van der Waals surface area contributed by atoms with Crippen molar-refractivity contribution in [2.75, 3.05) is 25.2 Å². The molecule has 1 aromatic heterocycles. The summed E-state index contributed by atoms with van der Waals surface area (Å²) < 4.78 is 38.2. The Balaban J connectivity index is 1.51. The van der Waals surface area contributed by atoms with Gasteiger partial charge in [0.15, 0.2) is 0 Å². The van der Waals surface area contributed by atoms with Gasteiger partial charge in [-0.05, 0) is 48.0 Å². The zero-order valence-electron chi connectivity index (χ0n) is 16.7. The Bertz CT molecular complexity index is 1170. The number of benzene rings is 2. The Hall–Kier alpha value is -3.02. The fourth-order valence-electron chi connectivity index (χ4n) is 2.39. The zero-order chi connectivity index (χ0) is 22.4. The van der Waals surface area contributed by atoms with Gasteiger partial charge in [0.25, 0.3) is 0 Å². The number of nitrogens with one attached hydrogen (secondary N) is 2. The maximum atomic E-state index is 12.9. The highest BCUT2D eigenvalue weighted by molar-refractivity contribution is 7.99. The number of thioether (sulfide) groups is 1. The number of nitrogens with zero attached hydrogens (tertiary/aromatic N) is 3. The summed E-state index contributed by atoms with van der Waals surface area (Å²) in [5.74, 6) is 0.00569. The van der Waals surface area contributed by atoms with E-state index in [1.807, 2.05) is 0 Å². The molecule has 8 nitrogen and oxygen atoms in total. The first-order chi connectivity index (χ1) is 14.7. The molecule has 0 radical (unpaired) electrons. The van der Waals surface area contributed by atoms with Crippen molar-refractivity contribution in [3.05, 3.63) is 65.7 Å². The normalized spacial score (nSPS) is 11.9. The minimum absolute atomic E-state index is 0.0801. The first-order valence-electron chi connectivity index (χ1n) is 9.05. The van der Waals surface area contributed by atoms with Crippen molar-refractivity contribution in [2.45, 2.75) is 10.1 Å². The summed E-state index contributed by atoms with van der Waals surface area (Å²) in [5, 5.41) is 9.90. The van der Waals surface area contributed by atoms with Crippen LogP contribution < -0.4 is 5.32 Å². The highest BCUT2D eigenvalue weighted by atomic mass is 32.2. The molecule has 3 aromatic rings. The summed E-state index contributed by atoms with van der Waals surface area (Å²) in [6, 6.07) is 12.0. The second kappa shape index (κ2) is 9.86.